The van der Waals surface area contributed by atoms with Crippen LogP contribution in [0.25, 0.3) is 0 Å². The zero-order chi connectivity index (χ0) is 17.1. The third kappa shape index (κ3) is 3.56. The average molecular weight is 324 g/mol. The molecule has 0 spiro atoms. The Bertz CT molecular complexity index is 748. The molecule has 1 aliphatic heterocycles. The number of hydrogen-bond donors (Lipinski definition) is 2. The van der Waals surface area contributed by atoms with Gasteiger partial charge in [-0.15, -0.1) is 0 Å². The summed E-state index contributed by atoms with van der Waals surface area (Å²) >= 11 is 0. The van der Waals surface area contributed by atoms with Crippen molar-refractivity contribution < 1.29 is 14.3 Å². The van der Waals surface area contributed by atoms with Gasteiger partial charge in [-0.05, 0) is 36.2 Å². The molecule has 5 heteroatoms. The second-order valence-electron chi connectivity index (χ2n) is 5.96. The Morgan fingerprint density at radius 1 is 1.17 bits per heavy atom. The van der Waals surface area contributed by atoms with Crippen LogP contribution in [0.1, 0.15) is 31.0 Å². The van der Waals surface area contributed by atoms with Crippen LogP contribution >= 0.6 is 0 Å². The van der Waals surface area contributed by atoms with Gasteiger partial charge in [0, 0.05) is 19.0 Å². The molecule has 2 amide bonds. The van der Waals surface area contributed by atoms with Crippen molar-refractivity contribution in [1.82, 2.24) is 5.32 Å². The second kappa shape index (κ2) is 6.74. The Morgan fingerprint density at radius 3 is 2.71 bits per heavy atom. The van der Waals surface area contributed by atoms with Crippen molar-refractivity contribution in [3.63, 3.8) is 0 Å². The quantitative estimate of drug-likeness (QED) is 0.909. The number of anilines is 1. The molecule has 24 heavy (non-hydrogen) atoms. The van der Waals surface area contributed by atoms with E-state index in [4.69, 9.17) is 4.74 Å². The van der Waals surface area contributed by atoms with E-state index in [1.165, 1.54) is 6.92 Å². The Balaban J connectivity index is 1.64. The highest BCUT2D eigenvalue weighted by Gasteiger charge is 2.29. The molecule has 0 aliphatic carbocycles. The molecule has 2 aromatic rings. The number of rotatable bonds is 4. The molecule has 0 radical (unpaired) electrons. The van der Waals surface area contributed by atoms with Gasteiger partial charge >= 0.3 is 0 Å². The highest BCUT2D eigenvalue weighted by Crippen LogP contribution is 2.28. The van der Waals surface area contributed by atoms with Crippen LogP contribution in [-0.2, 0) is 16.0 Å². The number of carbonyl (C=O) groups excluding carboxylic acids is 2. The van der Waals surface area contributed by atoms with Crippen molar-refractivity contribution in [2.75, 3.05) is 5.32 Å². The van der Waals surface area contributed by atoms with Crippen molar-refractivity contribution in [2.24, 2.45) is 0 Å². The SMILES string of the molecule is CC(=O)Nc1cccc(C(C)NC(=O)C2Cc3ccccc3O2)c1. The van der Waals surface area contributed by atoms with Gasteiger partial charge in [0.05, 0.1) is 6.04 Å². The summed E-state index contributed by atoms with van der Waals surface area (Å²) in [7, 11) is 0. The zero-order valence-electron chi connectivity index (χ0n) is 13.7. The molecule has 1 heterocycles. The fourth-order valence-electron chi connectivity index (χ4n) is 2.81. The number of para-hydroxylation sites is 1. The lowest BCUT2D eigenvalue weighted by Crippen LogP contribution is -2.38. The molecule has 124 valence electrons. The minimum absolute atomic E-state index is 0.124. The van der Waals surface area contributed by atoms with Crippen molar-refractivity contribution >= 4 is 17.5 Å². The highest BCUT2D eigenvalue weighted by molar-refractivity contribution is 5.88. The van der Waals surface area contributed by atoms with Crippen molar-refractivity contribution in [3.8, 4) is 5.75 Å². The molecule has 2 unspecified atom stereocenters. The van der Waals surface area contributed by atoms with Gasteiger partial charge in [0.2, 0.25) is 5.91 Å². The summed E-state index contributed by atoms with van der Waals surface area (Å²) in [5.74, 6) is 0.516. The number of ether oxygens (including phenoxy) is 1. The molecule has 2 N–H and O–H groups in total. The topological polar surface area (TPSA) is 67.4 Å². The molecular weight excluding hydrogens is 304 g/mol. The van der Waals surface area contributed by atoms with Crippen LogP contribution in [0.2, 0.25) is 0 Å². The summed E-state index contributed by atoms with van der Waals surface area (Å²) in [6.07, 6.45) is 0.0871. The minimum atomic E-state index is -0.497. The first-order chi connectivity index (χ1) is 11.5. The largest absolute Gasteiger partial charge is 0.480 e. The third-order valence-electron chi connectivity index (χ3n) is 4.01. The molecule has 0 fully saturated rings. The average Bonchev–Trinajstić information content (AvgIpc) is 2.98. The lowest BCUT2D eigenvalue weighted by molar-refractivity contribution is -0.127. The molecule has 0 saturated heterocycles. The highest BCUT2D eigenvalue weighted by atomic mass is 16.5. The van der Waals surface area contributed by atoms with Crippen LogP contribution in [0.3, 0.4) is 0 Å². The summed E-state index contributed by atoms with van der Waals surface area (Å²) in [5.41, 5.74) is 2.69. The summed E-state index contributed by atoms with van der Waals surface area (Å²) in [6.45, 7) is 3.37. The smallest absolute Gasteiger partial charge is 0.261 e. The maximum atomic E-state index is 12.5. The van der Waals surface area contributed by atoms with Crippen molar-refractivity contribution in [2.45, 2.75) is 32.4 Å². The molecule has 2 aromatic carbocycles. The van der Waals surface area contributed by atoms with Crippen molar-refractivity contribution in [3.05, 3.63) is 59.7 Å². The van der Waals surface area contributed by atoms with Crippen LogP contribution in [0.15, 0.2) is 48.5 Å². The Kier molecular flexibility index (Phi) is 4.51. The molecule has 0 saturated carbocycles. The first-order valence-corrected chi connectivity index (χ1v) is 7.95. The van der Waals surface area contributed by atoms with E-state index in [0.29, 0.717) is 12.1 Å². The van der Waals surface area contributed by atoms with Crippen LogP contribution in [0.4, 0.5) is 5.69 Å². The van der Waals surface area contributed by atoms with E-state index < -0.39 is 6.10 Å². The zero-order valence-corrected chi connectivity index (χ0v) is 13.7. The number of amides is 2. The fourth-order valence-corrected chi connectivity index (χ4v) is 2.81. The molecule has 2 atom stereocenters. The minimum Gasteiger partial charge on any atom is -0.480 e. The Morgan fingerprint density at radius 2 is 1.96 bits per heavy atom. The van der Waals surface area contributed by atoms with Crippen LogP contribution in [0.5, 0.6) is 5.75 Å². The Hall–Kier alpha value is -2.82. The Labute approximate surface area is 141 Å². The lowest BCUT2D eigenvalue weighted by atomic mass is 10.1. The summed E-state index contributed by atoms with van der Waals surface area (Å²) in [6, 6.07) is 15.0. The van der Waals surface area contributed by atoms with Crippen molar-refractivity contribution in [1.29, 1.82) is 0 Å². The van der Waals surface area contributed by atoms with E-state index in [2.05, 4.69) is 10.6 Å². The molecule has 0 aromatic heterocycles. The molecule has 1 aliphatic rings. The first-order valence-electron chi connectivity index (χ1n) is 7.95. The summed E-state index contributed by atoms with van der Waals surface area (Å²) in [5, 5.41) is 5.72. The van der Waals surface area contributed by atoms with Gasteiger partial charge in [0.1, 0.15) is 5.75 Å². The predicted molar refractivity (Wildman–Crippen MR) is 91.9 cm³/mol. The summed E-state index contributed by atoms with van der Waals surface area (Å²) in [4.78, 5) is 23.6. The van der Waals surface area contributed by atoms with Crippen LogP contribution in [-0.4, -0.2) is 17.9 Å². The maximum absolute atomic E-state index is 12.5. The third-order valence-corrected chi connectivity index (χ3v) is 4.01. The van der Waals surface area contributed by atoms with Gasteiger partial charge < -0.3 is 15.4 Å². The predicted octanol–water partition coefficient (Wildman–Crippen LogP) is 2.83. The molecule has 5 nitrogen and oxygen atoms in total. The van der Waals surface area contributed by atoms with E-state index >= 15 is 0 Å². The van der Waals surface area contributed by atoms with Gasteiger partial charge in [-0.25, -0.2) is 0 Å². The molecule has 3 rings (SSSR count). The first kappa shape index (κ1) is 16.1. The van der Waals surface area contributed by atoms with Gasteiger partial charge in [0.25, 0.3) is 5.91 Å². The van der Waals surface area contributed by atoms with E-state index in [9.17, 15) is 9.59 Å². The van der Waals surface area contributed by atoms with E-state index in [0.717, 1.165) is 16.9 Å². The van der Waals surface area contributed by atoms with E-state index in [-0.39, 0.29) is 17.9 Å². The molecular formula is C19H20N2O3. The fraction of sp³-hybridized carbons (Fsp3) is 0.263. The number of fused-ring (bicyclic) bond motifs is 1. The number of carbonyl (C=O) groups is 2. The van der Waals surface area contributed by atoms with Gasteiger partial charge in [-0.1, -0.05) is 30.3 Å². The number of benzene rings is 2. The second-order valence-corrected chi connectivity index (χ2v) is 5.96. The van der Waals surface area contributed by atoms with Gasteiger partial charge in [-0.2, -0.15) is 0 Å². The van der Waals surface area contributed by atoms with E-state index in [1.807, 2.05) is 55.5 Å². The van der Waals surface area contributed by atoms with Crippen LogP contribution < -0.4 is 15.4 Å². The van der Waals surface area contributed by atoms with Crippen LogP contribution in [0, 0.1) is 0 Å². The standard InChI is InChI=1S/C19H20N2O3/c1-12(14-7-5-8-16(10-14)21-13(2)22)20-19(23)18-11-15-6-3-4-9-17(15)24-18/h3-10,12,18H,11H2,1-2H3,(H,20,23)(H,21,22). The molecule has 0 bridgehead atoms. The lowest BCUT2D eigenvalue weighted by Gasteiger charge is -2.18. The maximum Gasteiger partial charge on any atom is 0.261 e. The van der Waals surface area contributed by atoms with E-state index in [1.54, 1.807) is 0 Å². The normalized spacial score (nSPS) is 16.7. The summed E-state index contributed by atoms with van der Waals surface area (Å²) < 4.78 is 5.71. The number of hydrogen-bond acceptors (Lipinski definition) is 3. The van der Waals surface area contributed by atoms with Gasteiger partial charge in [-0.3, -0.25) is 9.59 Å². The monoisotopic (exact) mass is 324 g/mol. The van der Waals surface area contributed by atoms with Gasteiger partial charge in [0.15, 0.2) is 6.10 Å². The number of nitrogens with one attached hydrogen (secondary N) is 2.